The summed E-state index contributed by atoms with van der Waals surface area (Å²) in [5.41, 5.74) is 3.62. The van der Waals surface area contributed by atoms with Crippen LogP contribution >= 0.6 is 34.5 Å². The Hall–Kier alpha value is -2.07. The highest BCUT2D eigenvalue weighted by atomic mass is 35.5. The number of pyridine rings is 1. The van der Waals surface area contributed by atoms with Gasteiger partial charge in [-0.2, -0.15) is 0 Å². The molecule has 4 aromatic rings. The number of aromatic nitrogens is 1. The first kappa shape index (κ1) is 15.5. The largest absolute Gasteiger partial charge is 0.445 e. The van der Waals surface area contributed by atoms with Crippen molar-refractivity contribution in [2.75, 3.05) is 0 Å². The molecule has 0 bridgehead atoms. The summed E-state index contributed by atoms with van der Waals surface area (Å²) in [5, 5.41) is 3.08. The zero-order valence-corrected chi connectivity index (χ0v) is 14.7. The maximum Gasteiger partial charge on any atom is 0.193 e. The summed E-state index contributed by atoms with van der Waals surface area (Å²) in [4.78, 5) is 5.89. The Bertz CT molecular complexity index is 992. The maximum absolute atomic E-state index is 6.13. The standard InChI is InChI=1S/C19H11Cl2NOS/c20-14-4-1-3-12(9-14)15-10-13(17-6-7-19(21)23-17)11-16(22-15)18-5-2-8-24-18/h1-11H. The SMILES string of the molecule is Clc1cccc(-c2cc(-c3ccc(Cl)o3)cc(-c3cccs3)n2)c1. The molecule has 0 spiro atoms. The topological polar surface area (TPSA) is 26.0 Å². The van der Waals surface area contributed by atoms with Crippen molar-refractivity contribution >= 4 is 34.5 Å². The molecule has 24 heavy (non-hydrogen) atoms. The lowest BCUT2D eigenvalue weighted by Gasteiger charge is -2.08. The lowest BCUT2D eigenvalue weighted by Crippen LogP contribution is -1.89. The highest BCUT2D eigenvalue weighted by Gasteiger charge is 2.12. The van der Waals surface area contributed by atoms with Gasteiger partial charge in [-0.1, -0.05) is 29.8 Å². The van der Waals surface area contributed by atoms with Crippen molar-refractivity contribution in [3.05, 3.63) is 76.3 Å². The van der Waals surface area contributed by atoms with E-state index in [2.05, 4.69) is 0 Å². The van der Waals surface area contributed by atoms with Crippen LogP contribution < -0.4 is 0 Å². The number of halogens is 2. The van der Waals surface area contributed by atoms with Gasteiger partial charge in [-0.25, -0.2) is 4.98 Å². The molecule has 4 rings (SSSR count). The van der Waals surface area contributed by atoms with Gasteiger partial charge >= 0.3 is 0 Å². The van der Waals surface area contributed by atoms with E-state index in [1.807, 2.05) is 60.0 Å². The molecule has 0 saturated heterocycles. The van der Waals surface area contributed by atoms with Gasteiger partial charge in [-0.05, 0) is 59.4 Å². The van der Waals surface area contributed by atoms with Crippen LogP contribution in [0.1, 0.15) is 0 Å². The second kappa shape index (κ2) is 6.44. The summed E-state index contributed by atoms with van der Waals surface area (Å²) in [7, 11) is 0. The summed E-state index contributed by atoms with van der Waals surface area (Å²) in [5.74, 6) is 0.712. The van der Waals surface area contributed by atoms with Crippen LogP contribution in [0.4, 0.5) is 0 Å². The van der Waals surface area contributed by atoms with E-state index in [0.717, 1.165) is 27.4 Å². The molecule has 1 aromatic carbocycles. The van der Waals surface area contributed by atoms with Gasteiger partial charge in [0.25, 0.3) is 0 Å². The van der Waals surface area contributed by atoms with E-state index in [9.17, 15) is 0 Å². The lowest BCUT2D eigenvalue weighted by molar-refractivity contribution is 0.584. The second-order valence-corrected chi connectivity index (χ2v) is 6.97. The zero-order chi connectivity index (χ0) is 16.5. The van der Waals surface area contributed by atoms with Crippen LogP contribution in [0, 0.1) is 0 Å². The van der Waals surface area contributed by atoms with Crippen LogP contribution in [-0.4, -0.2) is 4.98 Å². The smallest absolute Gasteiger partial charge is 0.193 e. The monoisotopic (exact) mass is 371 g/mol. The first-order valence-electron chi connectivity index (χ1n) is 7.27. The fraction of sp³-hybridized carbons (Fsp3) is 0. The molecule has 118 valence electrons. The van der Waals surface area contributed by atoms with Gasteiger partial charge in [0.2, 0.25) is 0 Å². The Morgan fingerprint density at radius 3 is 2.42 bits per heavy atom. The summed E-state index contributed by atoms with van der Waals surface area (Å²) < 4.78 is 5.57. The summed E-state index contributed by atoms with van der Waals surface area (Å²) in [6.07, 6.45) is 0. The van der Waals surface area contributed by atoms with Crippen molar-refractivity contribution < 1.29 is 4.42 Å². The molecule has 0 amide bonds. The molecular weight excluding hydrogens is 361 g/mol. The van der Waals surface area contributed by atoms with E-state index in [0.29, 0.717) is 16.0 Å². The van der Waals surface area contributed by atoms with Crippen molar-refractivity contribution in [2.24, 2.45) is 0 Å². The van der Waals surface area contributed by atoms with Crippen molar-refractivity contribution in [2.45, 2.75) is 0 Å². The average Bonchev–Trinajstić information content (AvgIpc) is 3.26. The van der Waals surface area contributed by atoms with Gasteiger partial charge in [0, 0.05) is 16.1 Å². The van der Waals surface area contributed by atoms with Gasteiger partial charge in [0.1, 0.15) is 5.76 Å². The molecule has 3 aromatic heterocycles. The first-order chi connectivity index (χ1) is 11.7. The Morgan fingerprint density at radius 1 is 0.833 bits per heavy atom. The minimum absolute atomic E-state index is 0.365. The van der Waals surface area contributed by atoms with Crippen molar-refractivity contribution in [3.63, 3.8) is 0 Å². The van der Waals surface area contributed by atoms with Gasteiger partial charge in [0.15, 0.2) is 5.22 Å². The fourth-order valence-corrected chi connectivity index (χ4v) is 3.51. The molecule has 0 aliphatic rings. The van der Waals surface area contributed by atoms with Gasteiger partial charge < -0.3 is 4.42 Å². The Morgan fingerprint density at radius 2 is 1.71 bits per heavy atom. The van der Waals surface area contributed by atoms with Crippen molar-refractivity contribution in [1.29, 1.82) is 0 Å². The highest BCUT2D eigenvalue weighted by molar-refractivity contribution is 7.13. The predicted molar refractivity (Wildman–Crippen MR) is 101 cm³/mol. The van der Waals surface area contributed by atoms with E-state index in [-0.39, 0.29) is 0 Å². The Balaban J connectivity index is 1.91. The number of thiophene rings is 1. The number of nitrogens with zero attached hydrogens (tertiary/aromatic N) is 1. The van der Waals surface area contributed by atoms with Crippen LogP contribution in [0.2, 0.25) is 10.2 Å². The Kier molecular flexibility index (Phi) is 4.15. The number of hydrogen-bond acceptors (Lipinski definition) is 3. The van der Waals surface area contributed by atoms with Gasteiger partial charge in [-0.3, -0.25) is 0 Å². The van der Waals surface area contributed by atoms with Crippen molar-refractivity contribution in [1.82, 2.24) is 4.98 Å². The molecule has 0 saturated carbocycles. The third-order valence-electron chi connectivity index (χ3n) is 3.58. The zero-order valence-electron chi connectivity index (χ0n) is 12.4. The molecule has 3 heterocycles. The van der Waals surface area contributed by atoms with E-state index < -0.39 is 0 Å². The first-order valence-corrected chi connectivity index (χ1v) is 8.90. The van der Waals surface area contributed by atoms with Crippen LogP contribution in [0.3, 0.4) is 0 Å². The summed E-state index contributed by atoms with van der Waals surface area (Å²) in [6.45, 7) is 0. The Labute approximate surface area is 153 Å². The van der Waals surface area contributed by atoms with Crippen molar-refractivity contribution in [3.8, 4) is 33.2 Å². The molecule has 5 heteroatoms. The third kappa shape index (κ3) is 3.11. The minimum Gasteiger partial charge on any atom is -0.445 e. The number of benzene rings is 1. The van der Waals surface area contributed by atoms with E-state index >= 15 is 0 Å². The molecular formula is C19H11Cl2NOS. The van der Waals surface area contributed by atoms with E-state index in [4.69, 9.17) is 32.6 Å². The predicted octanol–water partition coefficient (Wildman–Crippen LogP) is 7.04. The van der Waals surface area contributed by atoms with E-state index in [1.54, 1.807) is 17.4 Å². The van der Waals surface area contributed by atoms with Crippen LogP contribution in [0.15, 0.2) is 70.5 Å². The molecule has 2 nitrogen and oxygen atoms in total. The van der Waals surface area contributed by atoms with Crippen LogP contribution in [0.25, 0.3) is 33.2 Å². The van der Waals surface area contributed by atoms with Crippen LogP contribution in [0.5, 0.6) is 0 Å². The molecule has 0 aliphatic carbocycles. The lowest BCUT2D eigenvalue weighted by atomic mass is 10.1. The van der Waals surface area contributed by atoms with Gasteiger partial charge in [-0.15, -0.1) is 11.3 Å². The van der Waals surface area contributed by atoms with Gasteiger partial charge in [0.05, 0.1) is 16.3 Å². The third-order valence-corrected chi connectivity index (χ3v) is 4.91. The van der Waals surface area contributed by atoms with Crippen LogP contribution in [-0.2, 0) is 0 Å². The number of furan rings is 1. The summed E-state index contributed by atoms with van der Waals surface area (Å²) >= 11 is 13.7. The maximum atomic E-state index is 6.13. The minimum atomic E-state index is 0.365. The average molecular weight is 372 g/mol. The number of hydrogen-bond donors (Lipinski definition) is 0. The normalized spacial score (nSPS) is 10.9. The molecule has 0 fully saturated rings. The molecule has 0 unspecified atom stereocenters. The quantitative estimate of drug-likeness (QED) is 0.385. The second-order valence-electron chi connectivity index (χ2n) is 5.22. The molecule has 0 N–H and O–H groups in total. The molecule has 0 aliphatic heterocycles. The molecule has 0 radical (unpaired) electrons. The fourth-order valence-electron chi connectivity index (χ4n) is 2.49. The highest BCUT2D eigenvalue weighted by Crippen LogP contribution is 2.33. The number of rotatable bonds is 3. The summed E-state index contributed by atoms with van der Waals surface area (Å²) in [6, 6.07) is 19.3. The molecule has 0 atom stereocenters. The van der Waals surface area contributed by atoms with E-state index in [1.165, 1.54) is 0 Å².